The molecule has 0 radical (unpaired) electrons. The molecule has 0 bridgehead atoms. The van der Waals surface area contributed by atoms with Crippen molar-refractivity contribution in [3.05, 3.63) is 39.8 Å². The van der Waals surface area contributed by atoms with Gasteiger partial charge in [0, 0.05) is 4.88 Å². The summed E-state index contributed by atoms with van der Waals surface area (Å²) >= 11 is 1.37. The van der Waals surface area contributed by atoms with Gasteiger partial charge in [-0.25, -0.2) is 5.43 Å². The standard InChI is InChI=1S/C20H18N4O4S/c21-10-14-13-3-1-2-4-17(13)29-20(14)23-18(25)19(26)24-22-11-12-5-6-15-16(9-12)28-8-7-27-15/h5-6,9,11H,1-4,7-8H2,(H,23,25)(H,24,26)/b22-11-. The number of carbonyl (C=O) groups excluding carboxylic acids is 2. The molecule has 0 saturated heterocycles. The van der Waals surface area contributed by atoms with E-state index in [4.69, 9.17) is 9.47 Å². The number of hydrogen-bond donors (Lipinski definition) is 2. The van der Waals surface area contributed by atoms with Crippen LogP contribution in [-0.4, -0.2) is 31.2 Å². The first-order valence-corrected chi connectivity index (χ1v) is 10.1. The Kier molecular flexibility index (Phi) is 5.44. The third-order valence-electron chi connectivity index (χ3n) is 4.66. The minimum atomic E-state index is -0.908. The molecule has 0 fully saturated rings. The second kappa shape index (κ2) is 8.32. The second-order valence-corrected chi connectivity index (χ2v) is 7.69. The van der Waals surface area contributed by atoms with Gasteiger partial charge in [0.25, 0.3) is 0 Å². The fraction of sp³-hybridized carbons (Fsp3) is 0.300. The molecule has 2 aliphatic rings. The van der Waals surface area contributed by atoms with E-state index in [-0.39, 0.29) is 0 Å². The molecule has 1 aromatic carbocycles. The summed E-state index contributed by atoms with van der Waals surface area (Å²) in [4.78, 5) is 25.4. The number of amides is 2. The molecule has 0 spiro atoms. The van der Waals surface area contributed by atoms with Crippen LogP contribution in [0, 0.1) is 11.3 Å². The monoisotopic (exact) mass is 410 g/mol. The van der Waals surface area contributed by atoms with Crippen molar-refractivity contribution in [2.45, 2.75) is 25.7 Å². The van der Waals surface area contributed by atoms with Crippen LogP contribution in [0.3, 0.4) is 0 Å². The van der Waals surface area contributed by atoms with Crippen molar-refractivity contribution >= 4 is 34.4 Å². The van der Waals surface area contributed by atoms with Crippen LogP contribution < -0.4 is 20.2 Å². The van der Waals surface area contributed by atoms with Crippen LogP contribution in [0.25, 0.3) is 0 Å². The van der Waals surface area contributed by atoms with Gasteiger partial charge in [0.1, 0.15) is 24.3 Å². The van der Waals surface area contributed by atoms with E-state index < -0.39 is 11.8 Å². The van der Waals surface area contributed by atoms with Crippen molar-refractivity contribution < 1.29 is 19.1 Å². The van der Waals surface area contributed by atoms with E-state index in [2.05, 4.69) is 21.9 Å². The Morgan fingerprint density at radius 1 is 1.14 bits per heavy atom. The van der Waals surface area contributed by atoms with E-state index in [9.17, 15) is 14.9 Å². The van der Waals surface area contributed by atoms with Gasteiger partial charge in [-0.3, -0.25) is 9.59 Å². The average Bonchev–Trinajstić information content (AvgIpc) is 3.10. The number of nitriles is 1. The number of thiophene rings is 1. The predicted molar refractivity (Wildman–Crippen MR) is 107 cm³/mol. The van der Waals surface area contributed by atoms with Crippen LogP contribution in [0.15, 0.2) is 23.3 Å². The van der Waals surface area contributed by atoms with Crippen molar-refractivity contribution in [1.29, 1.82) is 5.26 Å². The highest BCUT2D eigenvalue weighted by atomic mass is 32.1. The van der Waals surface area contributed by atoms with E-state index >= 15 is 0 Å². The summed E-state index contributed by atoms with van der Waals surface area (Å²) in [6, 6.07) is 7.40. The number of ether oxygens (including phenoxy) is 2. The lowest BCUT2D eigenvalue weighted by Gasteiger charge is -2.18. The van der Waals surface area contributed by atoms with Crippen LogP contribution in [0.1, 0.15) is 34.4 Å². The lowest BCUT2D eigenvalue weighted by molar-refractivity contribution is -0.136. The van der Waals surface area contributed by atoms with Crippen LogP contribution in [0.2, 0.25) is 0 Å². The molecule has 0 saturated carbocycles. The third-order valence-corrected chi connectivity index (χ3v) is 5.87. The second-order valence-electron chi connectivity index (χ2n) is 6.58. The fourth-order valence-electron chi connectivity index (χ4n) is 3.29. The highest BCUT2D eigenvalue weighted by Gasteiger charge is 2.23. The average molecular weight is 410 g/mol. The van der Waals surface area contributed by atoms with Gasteiger partial charge in [-0.1, -0.05) is 0 Å². The minimum Gasteiger partial charge on any atom is -0.486 e. The number of benzene rings is 1. The molecule has 4 rings (SSSR count). The van der Waals surface area contributed by atoms with E-state index in [1.165, 1.54) is 17.6 Å². The number of hydrogen-bond acceptors (Lipinski definition) is 7. The highest BCUT2D eigenvalue weighted by Crippen LogP contribution is 2.37. The topological polar surface area (TPSA) is 113 Å². The highest BCUT2D eigenvalue weighted by molar-refractivity contribution is 7.16. The van der Waals surface area contributed by atoms with Crippen molar-refractivity contribution in [2.24, 2.45) is 5.10 Å². The van der Waals surface area contributed by atoms with Crippen LogP contribution in [-0.2, 0) is 22.4 Å². The maximum absolute atomic E-state index is 12.2. The van der Waals surface area contributed by atoms with Gasteiger partial charge in [0.05, 0.1) is 11.8 Å². The lowest BCUT2D eigenvalue weighted by Crippen LogP contribution is -2.32. The van der Waals surface area contributed by atoms with Gasteiger partial charge in [0.2, 0.25) is 0 Å². The number of carbonyl (C=O) groups is 2. The molecule has 29 heavy (non-hydrogen) atoms. The fourth-order valence-corrected chi connectivity index (χ4v) is 4.52. The molecule has 2 heterocycles. The lowest BCUT2D eigenvalue weighted by atomic mass is 9.96. The first kappa shape index (κ1) is 19.0. The van der Waals surface area contributed by atoms with Gasteiger partial charge < -0.3 is 14.8 Å². The van der Waals surface area contributed by atoms with Gasteiger partial charge in [-0.2, -0.15) is 10.4 Å². The Hall–Kier alpha value is -3.38. The van der Waals surface area contributed by atoms with Gasteiger partial charge in [0.15, 0.2) is 11.5 Å². The Bertz CT molecular complexity index is 1040. The molecule has 9 heteroatoms. The van der Waals surface area contributed by atoms with Gasteiger partial charge in [-0.15, -0.1) is 11.3 Å². The van der Waals surface area contributed by atoms with Gasteiger partial charge in [-0.05, 0) is 55.0 Å². The molecule has 1 aliphatic carbocycles. The molecule has 2 amide bonds. The van der Waals surface area contributed by atoms with E-state index in [0.717, 1.165) is 36.1 Å². The Morgan fingerprint density at radius 2 is 1.93 bits per heavy atom. The van der Waals surface area contributed by atoms with E-state index in [1.54, 1.807) is 18.2 Å². The zero-order chi connectivity index (χ0) is 20.2. The van der Waals surface area contributed by atoms with E-state index in [0.29, 0.717) is 40.8 Å². The van der Waals surface area contributed by atoms with Crippen LogP contribution >= 0.6 is 11.3 Å². The van der Waals surface area contributed by atoms with Gasteiger partial charge >= 0.3 is 11.8 Å². The van der Waals surface area contributed by atoms with Crippen molar-refractivity contribution in [2.75, 3.05) is 18.5 Å². The number of nitrogens with one attached hydrogen (secondary N) is 2. The number of anilines is 1. The Morgan fingerprint density at radius 3 is 2.76 bits per heavy atom. The first-order valence-electron chi connectivity index (χ1n) is 9.24. The molecule has 8 nitrogen and oxygen atoms in total. The molecule has 2 N–H and O–H groups in total. The smallest absolute Gasteiger partial charge is 0.329 e. The molecular formula is C20H18N4O4S. The summed E-state index contributed by atoms with van der Waals surface area (Å²) in [5.41, 5.74) is 4.35. The minimum absolute atomic E-state index is 0.426. The molecule has 1 aliphatic heterocycles. The molecule has 0 atom stereocenters. The molecular weight excluding hydrogens is 392 g/mol. The number of fused-ring (bicyclic) bond motifs is 2. The molecule has 148 valence electrons. The summed E-state index contributed by atoms with van der Waals surface area (Å²) < 4.78 is 10.9. The van der Waals surface area contributed by atoms with Crippen molar-refractivity contribution in [1.82, 2.24) is 5.43 Å². The maximum atomic E-state index is 12.2. The van der Waals surface area contributed by atoms with E-state index in [1.807, 2.05) is 0 Å². The normalized spacial score (nSPS) is 14.7. The number of rotatable bonds is 3. The molecule has 0 unspecified atom stereocenters. The SMILES string of the molecule is N#Cc1c(NC(=O)C(=O)N/N=C\c2ccc3c(c2)OCCO3)sc2c1CCCC2. The number of aryl methyl sites for hydroxylation is 1. The quantitative estimate of drug-likeness (QED) is 0.458. The van der Waals surface area contributed by atoms with Crippen LogP contribution in [0.5, 0.6) is 11.5 Å². The Labute approximate surface area is 171 Å². The largest absolute Gasteiger partial charge is 0.486 e. The Balaban J connectivity index is 1.38. The summed E-state index contributed by atoms with van der Waals surface area (Å²) in [5, 5.41) is 16.2. The van der Waals surface area contributed by atoms with Crippen molar-refractivity contribution in [3.8, 4) is 17.6 Å². The number of nitrogens with zero attached hydrogens (tertiary/aromatic N) is 2. The van der Waals surface area contributed by atoms with Crippen LogP contribution in [0.4, 0.5) is 5.00 Å². The van der Waals surface area contributed by atoms with Crippen molar-refractivity contribution in [3.63, 3.8) is 0 Å². The number of hydrazone groups is 1. The molecule has 1 aromatic heterocycles. The summed E-state index contributed by atoms with van der Waals surface area (Å²) in [6.45, 7) is 0.980. The summed E-state index contributed by atoms with van der Waals surface area (Å²) in [5.74, 6) is -0.507. The zero-order valence-electron chi connectivity index (χ0n) is 15.5. The first-order chi connectivity index (χ1) is 14.2. The predicted octanol–water partition coefficient (Wildman–Crippen LogP) is 2.36. The summed E-state index contributed by atoms with van der Waals surface area (Å²) in [7, 11) is 0. The summed E-state index contributed by atoms with van der Waals surface area (Å²) in [6.07, 6.45) is 5.24. The third kappa shape index (κ3) is 4.07. The maximum Gasteiger partial charge on any atom is 0.329 e. The molecule has 2 aromatic rings. The zero-order valence-corrected chi connectivity index (χ0v) is 16.3.